The van der Waals surface area contributed by atoms with Crippen LogP contribution in [0.1, 0.15) is 5.56 Å². The minimum absolute atomic E-state index is 0.766. The number of ether oxygens (including phenoxy) is 1. The second kappa shape index (κ2) is 4.13. The van der Waals surface area contributed by atoms with E-state index in [0.717, 1.165) is 22.4 Å². The molecule has 2 aromatic rings. The first-order valence-corrected chi connectivity index (χ1v) is 4.71. The van der Waals surface area contributed by atoms with E-state index in [1.807, 2.05) is 36.5 Å². The molecule has 0 N–H and O–H groups in total. The number of hydrogen-bond donors (Lipinski definition) is 0. The molecular formula is C13H12NO. The Morgan fingerprint density at radius 1 is 1.13 bits per heavy atom. The van der Waals surface area contributed by atoms with Crippen LogP contribution in [0.2, 0.25) is 0 Å². The maximum absolute atomic E-state index is 5.13. The standard InChI is InChI=1S/C13H12NO/c1-10-4-3-5-11(6-10)12-7-13(15-2)9-14-8-12/h3-9H,1H2,2H3. The van der Waals surface area contributed by atoms with Crippen molar-refractivity contribution in [1.82, 2.24) is 4.98 Å². The highest BCUT2D eigenvalue weighted by Gasteiger charge is 1.99. The summed E-state index contributed by atoms with van der Waals surface area (Å²) in [5.41, 5.74) is 3.14. The van der Waals surface area contributed by atoms with Gasteiger partial charge in [-0.15, -0.1) is 0 Å². The molecular weight excluding hydrogens is 186 g/mol. The monoisotopic (exact) mass is 198 g/mol. The van der Waals surface area contributed by atoms with Gasteiger partial charge in [0.05, 0.1) is 13.3 Å². The predicted octanol–water partition coefficient (Wildman–Crippen LogP) is 2.94. The maximum Gasteiger partial charge on any atom is 0.137 e. The summed E-state index contributed by atoms with van der Waals surface area (Å²) in [5, 5.41) is 0. The Hall–Kier alpha value is -1.83. The van der Waals surface area contributed by atoms with Gasteiger partial charge in [-0.3, -0.25) is 4.98 Å². The van der Waals surface area contributed by atoms with Crippen molar-refractivity contribution < 1.29 is 4.74 Å². The van der Waals surface area contributed by atoms with Crippen LogP contribution in [-0.4, -0.2) is 12.1 Å². The Bertz CT molecular complexity index is 466. The zero-order valence-corrected chi connectivity index (χ0v) is 8.60. The van der Waals surface area contributed by atoms with E-state index in [-0.39, 0.29) is 0 Å². The largest absolute Gasteiger partial charge is 0.495 e. The number of pyridine rings is 1. The van der Waals surface area contributed by atoms with Gasteiger partial charge in [-0.2, -0.15) is 0 Å². The molecule has 75 valence electrons. The summed E-state index contributed by atoms with van der Waals surface area (Å²) in [4.78, 5) is 4.12. The molecule has 1 aromatic carbocycles. The van der Waals surface area contributed by atoms with Crippen molar-refractivity contribution in [3.8, 4) is 16.9 Å². The van der Waals surface area contributed by atoms with E-state index < -0.39 is 0 Å². The van der Waals surface area contributed by atoms with Crippen molar-refractivity contribution in [3.05, 3.63) is 55.2 Å². The van der Waals surface area contributed by atoms with Gasteiger partial charge in [0, 0.05) is 11.8 Å². The lowest BCUT2D eigenvalue weighted by Crippen LogP contribution is -1.86. The van der Waals surface area contributed by atoms with E-state index in [0.29, 0.717) is 0 Å². The zero-order valence-electron chi connectivity index (χ0n) is 8.60. The number of nitrogens with zero attached hydrogens (tertiary/aromatic N) is 1. The normalized spacial score (nSPS) is 10.0. The molecule has 1 aromatic heterocycles. The zero-order chi connectivity index (χ0) is 10.7. The molecule has 0 saturated carbocycles. The number of aromatic nitrogens is 1. The quantitative estimate of drug-likeness (QED) is 0.740. The van der Waals surface area contributed by atoms with Crippen LogP contribution < -0.4 is 4.74 Å². The molecule has 0 aliphatic rings. The summed E-state index contributed by atoms with van der Waals surface area (Å²) in [6.45, 7) is 3.90. The molecule has 0 saturated heterocycles. The van der Waals surface area contributed by atoms with E-state index in [9.17, 15) is 0 Å². The first-order chi connectivity index (χ1) is 7.29. The first kappa shape index (κ1) is 9.71. The molecule has 15 heavy (non-hydrogen) atoms. The van der Waals surface area contributed by atoms with Gasteiger partial charge in [-0.05, 0) is 24.1 Å². The topological polar surface area (TPSA) is 22.1 Å². The van der Waals surface area contributed by atoms with Crippen molar-refractivity contribution in [3.63, 3.8) is 0 Å². The lowest BCUT2D eigenvalue weighted by Gasteiger charge is -2.04. The summed E-state index contributed by atoms with van der Waals surface area (Å²) < 4.78 is 5.13. The van der Waals surface area contributed by atoms with Gasteiger partial charge in [-0.25, -0.2) is 0 Å². The van der Waals surface area contributed by atoms with Crippen molar-refractivity contribution in [2.75, 3.05) is 7.11 Å². The van der Waals surface area contributed by atoms with Crippen molar-refractivity contribution in [2.24, 2.45) is 0 Å². The third-order valence-corrected chi connectivity index (χ3v) is 2.21. The summed E-state index contributed by atoms with van der Waals surface area (Å²) in [6, 6.07) is 9.97. The number of benzene rings is 1. The Kier molecular flexibility index (Phi) is 2.68. The average Bonchev–Trinajstić information content (AvgIpc) is 2.29. The molecule has 0 amide bonds. The van der Waals surface area contributed by atoms with Gasteiger partial charge in [0.15, 0.2) is 0 Å². The molecule has 2 nitrogen and oxygen atoms in total. The summed E-state index contributed by atoms with van der Waals surface area (Å²) in [5.74, 6) is 0.766. The summed E-state index contributed by atoms with van der Waals surface area (Å²) >= 11 is 0. The Morgan fingerprint density at radius 2 is 2.00 bits per heavy atom. The van der Waals surface area contributed by atoms with Crippen LogP contribution in [0.15, 0.2) is 42.7 Å². The molecule has 0 aliphatic carbocycles. The highest BCUT2D eigenvalue weighted by atomic mass is 16.5. The van der Waals surface area contributed by atoms with Gasteiger partial charge in [0.25, 0.3) is 0 Å². The summed E-state index contributed by atoms with van der Waals surface area (Å²) in [7, 11) is 1.64. The molecule has 0 atom stereocenters. The summed E-state index contributed by atoms with van der Waals surface area (Å²) in [6.07, 6.45) is 3.51. The third-order valence-electron chi connectivity index (χ3n) is 2.21. The van der Waals surface area contributed by atoms with E-state index in [1.165, 1.54) is 0 Å². The Labute approximate surface area is 89.6 Å². The molecule has 1 radical (unpaired) electrons. The van der Waals surface area contributed by atoms with Crippen LogP contribution in [0.25, 0.3) is 11.1 Å². The first-order valence-electron chi connectivity index (χ1n) is 4.71. The molecule has 1 heterocycles. The van der Waals surface area contributed by atoms with Crippen LogP contribution >= 0.6 is 0 Å². The van der Waals surface area contributed by atoms with E-state index in [2.05, 4.69) is 11.9 Å². The second-order valence-electron chi connectivity index (χ2n) is 3.31. The van der Waals surface area contributed by atoms with Gasteiger partial charge < -0.3 is 4.74 Å². The smallest absolute Gasteiger partial charge is 0.137 e. The molecule has 0 aliphatic heterocycles. The number of hydrogen-bond acceptors (Lipinski definition) is 2. The molecule has 0 bridgehead atoms. The fourth-order valence-electron chi connectivity index (χ4n) is 1.44. The van der Waals surface area contributed by atoms with Crippen molar-refractivity contribution in [2.45, 2.75) is 0 Å². The van der Waals surface area contributed by atoms with E-state index in [4.69, 9.17) is 4.74 Å². The van der Waals surface area contributed by atoms with Gasteiger partial charge in [0.1, 0.15) is 5.75 Å². The molecule has 2 rings (SSSR count). The fraction of sp³-hybridized carbons (Fsp3) is 0.0769. The lowest BCUT2D eigenvalue weighted by molar-refractivity contribution is 0.413. The molecule has 0 fully saturated rings. The molecule has 0 spiro atoms. The fourth-order valence-corrected chi connectivity index (χ4v) is 1.44. The number of rotatable bonds is 2. The highest BCUT2D eigenvalue weighted by Crippen LogP contribution is 2.22. The van der Waals surface area contributed by atoms with E-state index in [1.54, 1.807) is 13.3 Å². The average molecular weight is 198 g/mol. The Morgan fingerprint density at radius 3 is 2.73 bits per heavy atom. The van der Waals surface area contributed by atoms with Crippen LogP contribution in [0.3, 0.4) is 0 Å². The van der Waals surface area contributed by atoms with Crippen molar-refractivity contribution >= 4 is 0 Å². The second-order valence-corrected chi connectivity index (χ2v) is 3.31. The van der Waals surface area contributed by atoms with Gasteiger partial charge in [-0.1, -0.05) is 24.3 Å². The predicted molar refractivity (Wildman–Crippen MR) is 60.7 cm³/mol. The van der Waals surface area contributed by atoms with Gasteiger partial charge >= 0.3 is 0 Å². The lowest BCUT2D eigenvalue weighted by atomic mass is 10.1. The third kappa shape index (κ3) is 2.15. The minimum atomic E-state index is 0.766. The van der Waals surface area contributed by atoms with Gasteiger partial charge in [0.2, 0.25) is 0 Å². The van der Waals surface area contributed by atoms with Crippen LogP contribution in [0, 0.1) is 6.92 Å². The Balaban J connectivity index is 2.44. The number of methoxy groups -OCH3 is 1. The van der Waals surface area contributed by atoms with Crippen LogP contribution in [0.4, 0.5) is 0 Å². The highest BCUT2D eigenvalue weighted by molar-refractivity contribution is 5.64. The van der Waals surface area contributed by atoms with Crippen LogP contribution in [-0.2, 0) is 0 Å². The SMILES string of the molecule is [CH2]c1cccc(-c2cncc(OC)c2)c1. The molecule has 0 unspecified atom stereocenters. The molecule has 2 heteroatoms. The maximum atomic E-state index is 5.13. The van der Waals surface area contributed by atoms with E-state index >= 15 is 0 Å². The minimum Gasteiger partial charge on any atom is -0.495 e. The van der Waals surface area contributed by atoms with Crippen LogP contribution in [0.5, 0.6) is 5.75 Å². The van der Waals surface area contributed by atoms with Crippen molar-refractivity contribution in [1.29, 1.82) is 0 Å².